The zero-order valence-corrected chi connectivity index (χ0v) is 14.5. The zero-order valence-electron chi connectivity index (χ0n) is 13.6. The van der Waals surface area contributed by atoms with Crippen LogP contribution in [0.25, 0.3) is 6.08 Å². The molecule has 1 amide bonds. The summed E-state index contributed by atoms with van der Waals surface area (Å²) < 4.78 is 10.5. The lowest BCUT2D eigenvalue weighted by atomic mass is 10.1. The number of phenols is 1. The minimum absolute atomic E-state index is 0.166. The van der Waals surface area contributed by atoms with Crippen LogP contribution in [-0.4, -0.2) is 30.4 Å². The van der Waals surface area contributed by atoms with E-state index in [-0.39, 0.29) is 11.7 Å². The van der Waals surface area contributed by atoms with Crippen LogP contribution in [-0.2, 0) is 4.79 Å². The molecule has 1 saturated heterocycles. The molecule has 2 aromatic carbocycles. The van der Waals surface area contributed by atoms with E-state index in [0.717, 1.165) is 5.56 Å². The number of carbonyl (C=O) groups excluding carboxylic acids is 1. The molecule has 25 heavy (non-hydrogen) atoms. The average molecular weight is 356 g/mol. The van der Waals surface area contributed by atoms with Crippen molar-refractivity contribution in [1.82, 2.24) is 5.32 Å². The average Bonchev–Trinajstić information content (AvgIpc) is 2.96. The van der Waals surface area contributed by atoms with Gasteiger partial charge in [-0.05, 0) is 54.2 Å². The topological polar surface area (TPSA) is 80.2 Å². The number of carbonyl (C=O) groups is 1. The third-order valence-corrected chi connectivity index (χ3v) is 4.37. The fourth-order valence-electron chi connectivity index (χ4n) is 2.20. The Bertz CT molecular complexity index is 860. The summed E-state index contributed by atoms with van der Waals surface area (Å²) in [6, 6.07) is 11.8. The summed E-state index contributed by atoms with van der Waals surface area (Å²) >= 11 is 1.24. The third-order valence-electron chi connectivity index (χ3n) is 3.46. The van der Waals surface area contributed by atoms with Crippen molar-refractivity contribution in [2.45, 2.75) is 0 Å². The van der Waals surface area contributed by atoms with Gasteiger partial charge in [0.2, 0.25) is 0 Å². The van der Waals surface area contributed by atoms with Gasteiger partial charge in [-0.15, -0.1) is 0 Å². The second-order valence-electron chi connectivity index (χ2n) is 5.11. The Morgan fingerprint density at radius 3 is 2.56 bits per heavy atom. The van der Waals surface area contributed by atoms with Gasteiger partial charge in [0, 0.05) is 11.6 Å². The van der Waals surface area contributed by atoms with E-state index in [9.17, 15) is 9.90 Å². The number of hydrogen-bond acceptors (Lipinski definition) is 6. The summed E-state index contributed by atoms with van der Waals surface area (Å²) in [5, 5.41) is 12.5. The molecule has 0 saturated carbocycles. The summed E-state index contributed by atoms with van der Waals surface area (Å²) in [5.41, 5.74) is 1.41. The number of nitrogens with zero attached hydrogens (tertiary/aromatic N) is 1. The molecule has 1 aliphatic heterocycles. The number of phenolic OH excluding ortho intramolecular Hbond substituents is 1. The highest BCUT2D eigenvalue weighted by molar-refractivity contribution is 8.18. The predicted molar refractivity (Wildman–Crippen MR) is 98.5 cm³/mol. The molecule has 1 heterocycles. The first-order chi connectivity index (χ1) is 12.1. The van der Waals surface area contributed by atoms with Crippen molar-refractivity contribution in [2.75, 3.05) is 14.2 Å². The minimum Gasteiger partial charge on any atom is -0.508 e. The first-order valence-electron chi connectivity index (χ1n) is 7.39. The Labute approximate surface area is 149 Å². The van der Waals surface area contributed by atoms with E-state index >= 15 is 0 Å². The molecule has 2 N–H and O–H groups in total. The van der Waals surface area contributed by atoms with Gasteiger partial charge in [-0.3, -0.25) is 4.79 Å². The summed E-state index contributed by atoms with van der Waals surface area (Å²) in [6.45, 7) is 0. The highest BCUT2D eigenvalue weighted by atomic mass is 32.2. The molecule has 0 atom stereocenters. The standard InChI is InChI=1S/C18H16N2O4S/c1-23-14-8-3-11(15(10-14)24-2)9-16-17(22)20-18(25-16)19-12-4-6-13(21)7-5-12/h3-10,21H,1-2H3,(H,19,20,22)/b16-9+. The number of hydrogen-bond donors (Lipinski definition) is 2. The Kier molecular flexibility index (Phi) is 4.95. The van der Waals surface area contributed by atoms with Crippen LogP contribution in [0.3, 0.4) is 0 Å². The van der Waals surface area contributed by atoms with E-state index in [0.29, 0.717) is 27.3 Å². The minimum atomic E-state index is -0.222. The third kappa shape index (κ3) is 3.95. The van der Waals surface area contributed by atoms with Crippen molar-refractivity contribution < 1.29 is 19.4 Å². The van der Waals surface area contributed by atoms with E-state index < -0.39 is 0 Å². The van der Waals surface area contributed by atoms with Crippen LogP contribution in [0, 0.1) is 0 Å². The normalized spacial score (nSPS) is 17.0. The second-order valence-corrected chi connectivity index (χ2v) is 6.14. The lowest BCUT2D eigenvalue weighted by molar-refractivity contribution is -0.115. The highest BCUT2D eigenvalue weighted by Crippen LogP contribution is 2.32. The molecule has 1 aliphatic rings. The molecular weight excluding hydrogens is 340 g/mol. The molecule has 1 fully saturated rings. The highest BCUT2D eigenvalue weighted by Gasteiger charge is 2.24. The van der Waals surface area contributed by atoms with E-state index in [1.165, 1.54) is 11.8 Å². The Hall–Kier alpha value is -2.93. The maximum absolute atomic E-state index is 12.2. The first-order valence-corrected chi connectivity index (χ1v) is 8.21. The maximum atomic E-state index is 12.2. The van der Waals surface area contributed by atoms with E-state index in [4.69, 9.17) is 9.47 Å². The van der Waals surface area contributed by atoms with Gasteiger partial charge in [0.25, 0.3) is 5.91 Å². The number of nitrogens with one attached hydrogen (secondary N) is 1. The Morgan fingerprint density at radius 2 is 1.88 bits per heavy atom. The van der Waals surface area contributed by atoms with E-state index in [2.05, 4.69) is 10.3 Å². The first kappa shape index (κ1) is 16.9. The number of ether oxygens (including phenoxy) is 2. The van der Waals surface area contributed by atoms with Gasteiger partial charge in [-0.1, -0.05) is 0 Å². The SMILES string of the molecule is COc1ccc(/C=C2/SC(=Nc3ccc(O)cc3)NC2=O)c(OC)c1. The molecule has 0 spiro atoms. The van der Waals surface area contributed by atoms with Gasteiger partial charge in [-0.2, -0.15) is 0 Å². The number of amides is 1. The maximum Gasteiger partial charge on any atom is 0.264 e. The number of rotatable bonds is 4. The second kappa shape index (κ2) is 7.31. The summed E-state index contributed by atoms with van der Waals surface area (Å²) in [6.07, 6.45) is 1.75. The van der Waals surface area contributed by atoms with Crippen LogP contribution in [0.5, 0.6) is 17.2 Å². The molecule has 2 aromatic rings. The summed E-state index contributed by atoms with van der Waals surface area (Å²) in [5.74, 6) is 1.24. The molecule has 128 valence electrons. The van der Waals surface area contributed by atoms with Crippen molar-refractivity contribution in [2.24, 2.45) is 4.99 Å². The molecule has 3 rings (SSSR count). The molecule has 7 heteroatoms. The quantitative estimate of drug-likeness (QED) is 0.822. The summed E-state index contributed by atoms with van der Waals surface area (Å²) in [7, 11) is 3.15. The fraction of sp³-hybridized carbons (Fsp3) is 0.111. The number of methoxy groups -OCH3 is 2. The predicted octanol–water partition coefficient (Wildman–Crippen LogP) is 3.30. The monoisotopic (exact) mass is 356 g/mol. The lowest BCUT2D eigenvalue weighted by Gasteiger charge is -2.07. The van der Waals surface area contributed by atoms with Gasteiger partial charge < -0.3 is 19.9 Å². The van der Waals surface area contributed by atoms with Gasteiger partial charge in [0.05, 0.1) is 24.8 Å². The number of benzene rings is 2. The van der Waals surface area contributed by atoms with Gasteiger partial charge in [0.15, 0.2) is 5.17 Å². The Morgan fingerprint density at radius 1 is 1.12 bits per heavy atom. The van der Waals surface area contributed by atoms with Crippen molar-refractivity contribution in [1.29, 1.82) is 0 Å². The number of thioether (sulfide) groups is 1. The number of aliphatic imine (C=N–C) groups is 1. The van der Waals surface area contributed by atoms with Crippen molar-refractivity contribution >= 4 is 34.6 Å². The van der Waals surface area contributed by atoms with E-state index in [1.54, 1.807) is 56.7 Å². The molecule has 0 bridgehead atoms. The van der Waals surface area contributed by atoms with Gasteiger partial charge in [-0.25, -0.2) is 4.99 Å². The van der Waals surface area contributed by atoms with Crippen molar-refractivity contribution in [3.05, 3.63) is 52.9 Å². The smallest absolute Gasteiger partial charge is 0.264 e. The molecule has 0 radical (unpaired) electrons. The summed E-state index contributed by atoms with van der Waals surface area (Å²) in [4.78, 5) is 17.0. The number of amidine groups is 1. The lowest BCUT2D eigenvalue weighted by Crippen LogP contribution is -2.19. The molecular formula is C18H16N2O4S. The zero-order chi connectivity index (χ0) is 17.8. The van der Waals surface area contributed by atoms with Gasteiger partial charge >= 0.3 is 0 Å². The van der Waals surface area contributed by atoms with Crippen LogP contribution in [0.2, 0.25) is 0 Å². The Balaban J connectivity index is 1.85. The largest absolute Gasteiger partial charge is 0.508 e. The van der Waals surface area contributed by atoms with E-state index in [1.807, 2.05) is 6.07 Å². The van der Waals surface area contributed by atoms with Crippen LogP contribution < -0.4 is 14.8 Å². The molecule has 6 nitrogen and oxygen atoms in total. The van der Waals surface area contributed by atoms with Crippen LogP contribution in [0.15, 0.2) is 52.4 Å². The molecule has 0 aromatic heterocycles. The van der Waals surface area contributed by atoms with Gasteiger partial charge in [0.1, 0.15) is 17.2 Å². The van der Waals surface area contributed by atoms with Crippen molar-refractivity contribution in [3.63, 3.8) is 0 Å². The fourth-order valence-corrected chi connectivity index (χ4v) is 3.04. The number of aromatic hydroxyl groups is 1. The van der Waals surface area contributed by atoms with Crippen LogP contribution in [0.4, 0.5) is 5.69 Å². The molecule has 0 unspecified atom stereocenters. The van der Waals surface area contributed by atoms with Crippen molar-refractivity contribution in [3.8, 4) is 17.2 Å². The molecule has 0 aliphatic carbocycles. The van der Waals surface area contributed by atoms with Crippen LogP contribution in [0.1, 0.15) is 5.56 Å². The van der Waals surface area contributed by atoms with Crippen LogP contribution >= 0.6 is 11.8 Å².